The molecule has 3 aromatic rings. The van der Waals surface area contributed by atoms with Crippen molar-refractivity contribution in [3.63, 3.8) is 0 Å². The van der Waals surface area contributed by atoms with Crippen LogP contribution < -0.4 is 5.73 Å². The number of nitrogens with zero attached hydrogens (tertiary/aromatic N) is 2. The highest BCUT2D eigenvalue weighted by atomic mass is 16.5. The minimum atomic E-state index is 0.245. The van der Waals surface area contributed by atoms with E-state index < -0.39 is 0 Å². The summed E-state index contributed by atoms with van der Waals surface area (Å²) in [7, 11) is 0. The van der Waals surface area contributed by atoms with Crippen molar-refractivity contribution in [1.29, 1.82) is 0 Å². The van der Waals surface area contributed by atoms with Gasteiger partial charge in [0, 0.05) is 10.9 Å². The van der Waals surface area contributed by atoms with Crippen molar-refractivity contribution in [2.45, 2.75) is 13.5 Å². The first-order valence-electron chi connectivity index (χ1n) is 5.29. The van der Waals surface area contributed by atoms with Gasteiger partial charge in [-0.2, -0.15) is 4.98 Å². The molecule has 2 N–H and O–H groups in total. The summed E-state index contributed by atoms with van der Waals surface area (Å²) in [5, 5.41) is 4.93. The fraction of sp³-hybridized carbons (Fsp3) is 0.167. The van der Waals surface area contributed by atoms with Gasteiger partial charge in [-0.15, -0.1) is 0 Å². The summed E-state index contributed by atoms with van der Waals surface area (Å²) in [6, 6.07) is 7.79. The van der Waals surface area contributed by atoms with Gasteiger partial charge in [0.2, 0.25) is 11.7 Å². The number of aryl methyl sites for hydroxylation is 1. The van der Waals surface area contributed by atoms with Crippen molar-refractivity contribution >= 4 is 11.0 Å². The average Bonchev–Trinajstić information content (AvgIpc) is 2.92. The van der Waals surface area contributed by atoms with Gasteiger partial charge in [0.05, 0.1) is 6.54 Å². The summed E-state index contributed by atoms with van der Waals surface area (Å²) in [6.45, 7) is 2.16. The first-order chi connectivity index (χ1) is 8.26. The van der Waals surface area contributed by atoms with Gasteiger partial charge in [0.15, 0.2) is 0 Å². The largest absolute Gasteiger partial charge is 0.461 e. The van der Waals surface area contributed by atoms with E-state index >= 15 is 0 Å². The second-order valence-electron chi connectivity index (χ2n) is 3.83. The Morgan fingerprint density at radius 1 is 1.29 bits per heavy atom. The van der Waals surface area contributed by atoms with Gasteiger partial charge in [0.25, 0.3) is 0 Å². The van der Waals surface area contributed by atoms with Crippen LogP contribution in [-0.2, 0) is 6.54 Å². The van der Waals surface area contributed by atoms with Gasteiger partial charge >= 0.3 is 0 Å². The Morgan fingerprint density at radius 2 is 2.18 bits per heavy atom. The van der Waals surface area contributed by atoms with Crippen LogP contribution in [0, 0.1) is 6.92 Å². The quantitative estimate of drug-likeness (QED) is 0.729. The fourth-order valence-corrected chi connectivity index (χ4v) is 1.76. The molecule has 86 valence electrons. The third-order valence-corrected chi connectivity index (χ3v) is 2.54. The summed E-state index contributed by atoms with van der Waals surface area (Å²) >= 11 is 0. The SMILES string of the molecule is Cc1cc2ccc(-c3noc(CN)n3)cc2o1. The minimum absolute atomic E-state index is 0.245. The topological polar surface area (TPSA) is 78.1 Å². The third kappa shape index (κ3) is 1.70. The van der Waals surface area contributed by atoms with E-state index in [1.54, 1.807) is 0 Å². The Hall–Kier alpha value is -2.14. The Morgan fingerprint density at radius 3 is 2.94 bits per heavy atom. The van der Waals surface area contributed by atoms with Crippen LogP contribution in [0.3, 0.4) is 0 Å². The highest BCUT2D eigenvalue weighted by molar-refractivity contribution is 5.82. The zero-order chi connectivity index (χ0) is 11.8. The molecule has 17 heavy (non-hydrogen) atoms. The fourth-order valence-electron chi connectivity index (χ4n) is 1.76. The van der Waals surface area contributed by atoms with Crippen LogP contribution in [0.25, 0.3) is 22.4 Å². The van der Waals surface area contributed by atoms with Crippen molar-refractivity contribution < 1.29 is 8.94 Å². The third-order valence-electron chi connectivity index (χ3n) is 2.54. The molecule has 5 heteroatoms. The average molecular weight is 229 g/mol. The van der Waals surface area contributed by atoms with E-state index in [-0.39, 0.29) is 6.54 Å². The lowest BCUT2D eigenvalue weighted by atomic mass is 10.1. The standard InChI is InChI=1S/C12H11N3O2/c1-7-4-8-2-3-9(5-10(8)16-7)12-14-11(6-13)17-15-12/h2-5H,6,13H2,1H3. The van der Waals surface area contributed by atoms with Gasteiger partial charge in [-0.05, 0) is 19.1 Å². The molecular weight excluding hydrogens is 218 g/mol. The van der Waals surface area contributed by atoms with Crippen LogP contribution in [0.2, 0.25) is 0 Å². The summed E-state index contributed by atoms with van der Waals surface area (Å²) in [4.78, 5) is 4.17. The molecule has 0 amide bonds. The molecule has 0 bridgehead atoms. The molecule has 0 spiro atoms. The van der Waals surface area contributed by atoms with E-state index in [0.29, 0.717) is 11.7 Å². The lowest BCUT2D eigenvalue weighted by Gasteiger charge is -1.93. The van der Waals surface area contributed by atoms with Gasteiger partial charge in [0.1, 0.15) is 11.3 Å². The maximum absolute atomic E-state index is 5.55. The summed E-state index contributed by atoms with van der Waals surface area (Å²) in [6.07, 6.45) is 0. The molecular formula is C12H11N3O2. The van der Waals surface area contributed by atoms with Gasteiger partial charge in [-0.25, -0.2) is 0 Å². The highest BCUT2D eigenvalue weighted by Gasteiger charge is 2.09. The molecule has 0 saturated carbocycles. The Kier molecular flexibility index (Phi) is 2.19. The van der Waals surface area contributed by atoms with Crippen LogP contribution in [0.5, 0.6) is 0 Å². The van der Waals surface area contributed by atoms with Crippen molar-refractivity contribution in [2.24, 2.45) is 5.73 Å². The van der Waals surface area contributed by atoms with E-state index in [4.69, 9.17) is 14.7 Å². The zero-order valence-electron chi connectivity index (χ0n) is 9.30. The van der Waals surface area contributed by atoms with E-state index in [0.717, 1.165) is 22.3 Å². The maximum Gasteiger partial charge on any atom is 0.240 e. The second kappa shape index (κ2) is 3.71. The molecule has 5 nitrogen and oxygen atoms in total. The molecule has 0 aliphatic heterocycles. The highest BCUT2D eigenvalue weighted by Crippen LogP contribution is 2.24. The first-order valence-corrected chi connectivity index (χ1v) is 5.29. The summed E-state index contributed by atoms with van der Waals surface area (Å²) in [5.41, 5.74) is 7.10. The molecule has 2 aromatic heterocycles. The molecule has 3 rings (SSSR count). The van der Waals surface area contributed by atoms with Crippen molar-refractivity contribution in [3.05, 3.63) is 35.9 Å². The van der Waals surface area contributed by atoms with Crippen LogP contribution in [0.15, 0.2) is 33.2 Å². The number of hydrogen-bond donors (Lipinski definition) is 1. The number of rotatable bonds is 2. The molecule has 1 aromatic carbocycles. The van der Waals surface area contributed by atoms with Crippen LogP contribution in [-0.4, -0.2) is 10.1 Å². The van der Waals surface area contributed by atoms with Gasteiger partial charge in [-0.1, -0.05) is 17.3 Å². The van der Waals surface area contributed by atoms with E-state index in [2.05, 4.69) is 10.1 Å². The van der Waals surface area contributed by atoms with E-state index in [9.17, 15) is 0 Å². The van der Waals surface area contributed by atoms with Crippen molar-refractivity contribution in [2.75, 3.05) is 0 Å². The summed E-state index contributed by atoms with van der Waals surface area (Å²) in [5.74, 6) is 1.84. The number of hydrogen-bond acceptors (Lipinski definition) is 5. The number of benzene rings is 1. The normalized spacial score (nSPS) is 11.2. The molecule has 0 radical (unpaired) electrons. The van der Waals surface area contributed by atoms with E-state index in [1.807, 2.05) is 31.2 Å². The predicted octanol–water partition coefficient (Wildman–Crippen LogP) is 2.25. The monoisotopic (exact) mass is 229 g/mol. The van der Waals surface area contributed by atoms with Crippen LogP contribution >= 0.6 is 0 Å². The molecule has 0 saturated heterocycles. The molecule has 0 unspecified atom stereocenters. The Labute approximate surface area is 97.2 Å². The molecule has 0 aliphatic rings. The Bertz CT molecular complexity index is 669. The second-order valence-corrected chi connectivity index (χ2v) is 3.83. The van der Waals surface area contributed by atoms with Crippen LogP contribution in [0.4, 0.5) is 0 Å². The number of aromatic nitrogens is 2. The molecule has 2 heterocycles. The molecule has 0 atom stereocenters. The lowest BCUT2D eigenvalue weighted by molar-refractivity contribution is 0.380. The number of nitrogens with two attached hydrogens (primary N) is 1. The van der Waals surface area contributed by atoms with Crippen LogP contribution in [0.1, 0.15) is 11.7 Å². The first kappa shape index (κ1) is 10.0. The smallest absolute Gasteiger partial charge is 0.240 e. The molecule has 0 fully saturated rings. The number of fused-ring (bicyclic) bond motifs is 1. The summed E-state index contributed by atoms with van der Waals surface area (Å²) < 4.78 is 10.5. The lowest BCUT2D eigenvalue weighted by Crippen LogP contribution is -1.95. The van der Waals surface area contributed by atoms with E-state index in [1.165, 1.54) is 0 Å². The maximum atomic E-state index is 5.55. The zero-order valence-corrected chi connectivity index (χ0v) is 9.30. The van der Waals surface area contributed by atoms with Crippen molar-refractivity contribution in [1.82, 2.24) is 10.1 Å². The minimum Gasteiger partial charge on any atom is -0.461 e. The van der Waals surface area contributed by atoms with Gasteiger partial charge in [-0.3, -0.25) is 0 Å². The molecule has 0 aliphatic carbocycles. The number of furan rings is 1. The Balaban J connectivity index is 2.10. The van der Waals surface area contributed by atoms with Crippen molar-refractivity contribution in [3.8, 4) is 11.4 Å². The predicted molar refractivity (Wildman–Crippen MR) is 62.1 cm³/mol. The van der Waals surface area contributed by atoms with Gasteiger partial charge < -0.3 is 14.7 Å².